The summed E-state index contributed by atoms with van der Waals surface area (Å²) in [6, 6.07) is 15.4. The van der Waals surface area contributed by atoms with Gasteiger partial charge in [-0.3, -0.25) is 0 Å². The highest BCUT2D eigenvalue weighted by atomic mass is 32.2. The van der Waals surface area contributed by atoms with E-state index in [9.17, 15) is 4.79 Å². The Kier molecular flexibility index (Phi) is 6.29. The van der Waals surface area contributed by atoms with Crippen LogP contribution in [0.3, 0.4) is 0 Å². The Labute approximate surface area is 153 Å². The Bertz CT molecular complexity index is 734. The van der Waals surface area contributed by atoms with Gasteiger partial charge in [-0.1, -0.05) is 60.3 Å². The van der Waals surface area contributed by atoms with Crippen molar-refractivity contribution in [3.05, 3.63) is 65.2 Å². The second-order valence-corrected chi connectivity index (χ2v) is 7.74. The summed E-state index contributed by atoms with van der Waals surface area (Å²) in [6.07, 6.45) is 8.19. The number of nitrogens with zero attached hydrogens (tertiary/aromatic N) is 1. The molecule has 2 aromatic rings. The van der Waals surface area contributed by atoms with E-state index < -0.39 is 5.97 Å². The average Bonchev–Trinajstić information content (AvgIpc) is 2.64. The Hall–Kier alpha value is -2.07. The maximum absolute atomic E-state index is 12.0. The predicted molar refractivity (Wildman–Crippen MR) is 103 cm³/mol. The van der Waals surface area contributed by atoms with Gasteiger partial charge in [0.25, 0.3) is 0 Å². The van der Waals surface area contributed by atoms with Crippen LogP contribution in [0.25, 0.3) is 0 Å². The summed E-state index contributed by atoms with van der Waals surface area (Å²) in [4.78, 5) is 18.2. The van der Waals surface area contributed by atoms with Crippen LogP contribution in [0, 0.1) is 6.92 Å². The SMILES string of the molecule is Cc1ccc(C(=O)O/N=C/c2ccccc2SC2CCCCC2)cc1. The lowest BCUT2D eigenvalue weighted by molar-refractivity contribution is 0.0519. The molecule has 130 valence electrons. The quantitative estimate of drug-likeness (QED) is 0.398. The van der Waals surface area contributed by atoms with Crippen molar-refractivity contribution in [2.45, 2.75) is 49.2 Å². The van der Waals surface area contributed by atoms with E-state index in [1.807, 2.05) is 49.0 Å². The molecule has 1 aliphatic rings. The summed E-state index contributed by atoms with van der Waals surface area (Å²) in [5.41, 5.74) is 2.61. The van der Waals surface area contributed by atoms with E-state index in [0.29, 0.717) is 10.8 Å². The molecule has 0 atom stereocenters. The second-order valence-electron chi connectivity index (χ2n) is 6.39. The van der Waals surface area contributed by atoms with Crippen molar-refractivity contribution >= 4 is 23.9 Å². The van der Waals surface area contributed by atoms with Gasteiger partial charge < -0.3 is 4.84 Å². The maximum atomic E-state index is 12.0. The smallest absolute Gasteiger partial charge is 0.313 e. The van der Waals surface area contributed by atoms with E-state index in [4.69, 9.17) is 4.84 Å². The topological polar surface area (TPSA) is 38.7 Å². The fraction of sp³-hybridized carbons (Fsp3) is 0.333. The zero-order valence-corrected chi connectivity index (χ0v) is 15.3. The van der Waals surface area contributed by atoms with Gasteiger partial charge in [-0.2, -0.15) is 0 Å². The minimum absolute atomic E-state index is 0.436. The Balaban J connectivity index is 1.62. The Morgan fingerprint density at radius 2 is 1.80 bits per heavy atom. The zero-order chi connectivity index (χ0) is 17.5. The molecule has 1 fully saturated rings. The van der Waals surface area contributed by atoms with Gasteiger partial charge in [-0.25, -0.2) is 4.79 Å². The van der Waals surface area contributed by atoms with E-state index in [2.05, 4.69) is 11.2 Å². The van der Waals surface area contributed by atoms with Gasteiger partial charge in [-0.15, -0.1) is 11.8 Å². The molecule has 0 heterocycles. The first-order valence-corrected chi connectivity index (χ1v) is 9.67. The summed E-state index contributed by atoms with van der Waals surface area (Å²) in [5.74, 6) is -0.436. The molecular formula is C21H23NO2S. The summed E-state index contributed by atoms with van der Waals surface area (Å²) < 4.78 is 0. The molecule has 0 spiro atoms. The largest absolute Gasteiger partial charge is 0.365 e. The van der Waals surface area contributed by atoms with Gasteiger partial charge in [0.1, 0.15) is 0 Å². The van der Waals surface area contributed by atoms with E-state index in [-0.39, 0.29) is 0 Å². The molecular weight excluding hydrogens is 330 g/mol. The molecule has 0 saturated heterocycles. The normalized spacial score (nSPS) is 15.4. The Morgan fingerprint density at radius 1 is 1.08 bits per heavy atom. The fourth-order valence-corrected chi connectivity index (χ4v) is 4.27. The van der Waals surface area contributed by atoms with Crippen LogP contribution in [0.4, 0.5) is 0 Å². The van der Waals surface area contributed by atoms with Crippen LogP contribution in [0.5, 0.6) is 0 Å². The number of carbonyl (C=O) groups excluding carboxylic acids is 1. The molecule has 1 aliphatic carbocycles. The van der Waals surface area contributed by atoms with E-state index in [1.165, 1.54) is 37.0 Å². The van der Waals surface area contributed by atoms with Gasteiger partial charge in [0.15, 0.2) is 0 Å². The number of aryl methyl sites for hydroxylation is 1. The van der Waals surface area contributed by atoms with Crippen LogP contribution in [0.1, 0.15) is 53.6 Å². The van der Waals surface area contributed by atoms with Crippen LogP contribution in [0.15, 0.2) is 58.6 Å². The van der Waals surface area contributed by atoms with Gasteiger partial charge >= 0.3 is 5.97 Å². The number of oxime groups is 1. The van der Waals surface area contributed by atoms with Gasteiger partial charge in [0.2, 0.25) is 0 Å². The van der Waals surface area contributed by atoms with Gasteiger partial charge in [0, 0.05) is 15.7 Å². The fourth-order valence-electron chi connectivity index (χ4n) is 2.93. The Morgan fingerprint density at radius 3 is 2.56 bits per heavy atom. The molecule has 4 heteroatoms. The van der Waals surface area contributed by atoms with E-state index in [0.717, 1.165) is 11.1 Å². The van der Waals surface area contributed by atoms with Crippen molar-refractivity contribution in [3.8, 4) is 0 Å². The maximum Gasteiger partial charge on any atom is 0.365 e. The highest BCUT2D eigenvalue weighted by molar-refractivity contribution is 8.00. The predicted octanol–water partition coefficient (Wildman–Crippen LogP) is 5.61. The first-order valence-electron chi connectivity index (χ1n) is 8.79. The molecule has 1 saturated carbocycles. The number of carbonyl (C=O) groups is 1. The monoisotopic (exact) mass is 353 g/mol. The molecule has 3 rings (SSSR count). The molecule has 0 aliphatic heterocycles. The van der Waals surface area contributed by atoms with Crippen molar-refractivity contribution in [2.24, 2.45) is 5.16 Å². The third-order valence-corrected chi connectivity index (χ3v) is 5.81. The first-order chi connectivity index (χ1) is 12.2. The number of hydrogen-bond acceptors (Lipinski definition) is 4. The number of thioether (sulfide) groups is 1. The standard InChI is InChI=1S/C21H23NO2S/c1-16-11-13-17(14-12-16)21(23)24-22-15-18-7-5-6-10-20(18)25-19-8-3-2-4-9-19/h5-7,10-15,19H,2-4,8-9H2,1H3/b22-15+. The third-order valence-electron chi connectivity index (χ3n) is 4.38. The van der Waals surface area contributed by atoms with Gasteiger partial charge in [-0.05, 0) is 38.0 Å². The lowest BCUT2D eigenvalue weighted by Gasteiger charge is -2.21. The minimum Gasteiger partial charge on any atom is -0.313 e. The summed E-state index contributed by atoms with van der Waals surface area (Å²) in [6.45, 7) is 1.98. The van der Waals surface area contributed by atoms with Crippen molar-refractivity contribution in [2.75, 3.05) is 0 Å². The summed E-state index contributed by atoms with van der Waals surface area (Å²) in [5, 5.41) is 4.59. The van der Waals surface area contributed by atoms with Crippen LogP contribution in [0.2, 0.25) is 0 Å². The molecule has 2 aromatic carbocycles. The van der Waals surface area contributed by atoms with Crippen molar-refractivity contribution < 1.29 is 9.63 Å². The van der Waals surface area contributed by atoms with Crippen LogP contribution >= 0.6 is 11.8 Å². The van der Waals surface area contributed by atoms with E-state index in [1.54, 1.807) is 18.3 Å². The zero-order valence-electron chi connectivity index (χ0n) is 14.5. The molecule has 0 radical (unpaired) electrons. The molecule has 25 heavy (non-hydrogen) atoms. The molecule has 0 bridgehead atoms. The second kappa shape index (κ2) is 8.86. The minimum atomic E-state index is -0.436. The van der Waals surface area contributed by atoms with Crippen molar-refractivity contribution in [1.82, 2.24) is 0 Å². The third kappa shape index (κ3) is 5.20. The molecule has 0 aromatic heterocycles. The molecule has 0 unspecified atom stereocenters. The highest BCUT2D eigenvalue weighted by Gasteiger charge is 2.15. The molecule has 3 nitrogen and oxygen atoms in total. The number of hydrogen-bond donors (Lipinski definition) is 0. The first kappa shape index (κ1) is 17.7. The van der Waals surface area contributed by atoms with Crippen molar-refractivity contribution in [1.29, 1.82) is 0 Å². The highest BCUT2D eigenvalue weighted by Crippen LogP contribution is 2.34. The lowest BCUT2D eigenvalue weighted by atomic mass is 10.0. The number of benzene rings is 2. The lowest BCUT2D eigenvalue weighted by Crippen LogP contribution is -2.08. The van der Waals surface area contributed by atoms with E-state index >= 15 is 0 Å². The van der Waals surface area contributed by atoms with Crippen LogP contribution < -0.4 is 0 Å². The van der Waals surface area contributed by atoms with Gasteiger partial charge in [0.05, 0.1) is 11.8 Å². The number of rotatable bonds is 5. The van der Waals surface area contributed by atoms with Crippen LogP contribution in [-0.4, -0.2) is 17.4 Å². The molecule has 0 N–H and O–H groups in total. The summed E-state index contributed by atoms with van der Waals surface area (Å²) in [7, 11) is 0. The van der Waals surface area contributed by atoms with Crippen LogP contribution in [-0.2, 0) is 4.84 Å². The summed E-state index contributed by atoms with van der Waals surface area (Å²) >= 11 is 1.92. The van der Waals surface area contributed by atoms with Crippen molar-refractivity contribution in [3.63, 3.8) is 0 Å². The average molecular weight is 353 g/mol. The molecule has 0 amide bonds.